The number of esters is 1. The maximum absolute atomic E-state index is 12.4. The number of aliphatic imine (C=N–C) groups is 1. The predicted octanol–water partition coefficient (Wildman–Crippen LogP) is 2.64. The maximum Gasteiger partial charge on any atom is 0.338 e. The van der Waals surface area contributed by atoms with E-state index in [1.165, 1.54) is 18.9 Å². The summed E-state index contributed by atoms with van der Waals surface area (Å²) in [6, 6.07) is 8.97. The predicted molar refractivity (Wildman–Crippen MR) is 98.8 cm³/mol. The molecule has 3 rings (SSSR count). The van der Waals surface area contributed by atoms with E-state index in [1.807, 2.05) is 31.2 Å². The number of nitrogens with zero attached hydrogens (tertiary/aromatic N) is 3. The molecule has 2 aliphatic heterocycles. The van der Waals surface area contributed by atoms with E-state index in [9.17, 15) is 10.1 Å². The molecule has 0 saturated carbocycles. The lowest BCUT2D eigenvalue weighted by Gasteiger charge is -2.34. The third-order valence-electron chi connectivity index (χ3n) is 4.09. The molecule has 26 heavy (non-hydrogen) atoms. The number of methoxy groups -OCH3 is 1. The number of ether oxygens (including phenoxy) is 2. The van der Waals surface area contributed by atoms with Gasteiger partial charge in [0.1, 0.15) is 22.5 Å². The highest BCUT2D eigenvalue weighted by Crippen LogP contribution is 2.45. The van der Waals surface area contributed by atoms with Crippen molar-refractivity contribution in [3.8, 4) is 11.8 Å². The Balaban J connectivity index is 2.13. The molecule has 7 nitrogen and oxygen atoms in total. The summed E-state index contributed by atoms with van der Waals surface area (Å²) in [6.07, 6.45) is 0. The van der Waals surface area contributed by atoms with Gasteiger partial charge in [-0.2, -0.15) is 5.26 Å². The largest absolute Gasteiger partial charge is 0.494 e. The van der Waals surface area contributed by atoms with Crippen molar-refractivity contribution in [3.63, 3.8) is 0 Å². The molecule has 0 radical (unpaired) electrons. The molecule has 0 spiro atoms. The summed E-state index contributed by atoms with van der Waals surface area (Å²) in [4.78, 5) is 19.0. The summed E-state index contributed by atoms with van der Waals surface area (Å²) in [5.41, 5.74) is 7.94. The van der Waals surface area contributed by atoms with Crippen molar-refractivity contribution in [1.82, 2.24) is 4.90 Å². The van der Waals surface area contributed by atoms with Gasteiger partial charge in [-0.1, -0.05) is 12.1 Å². The first kappa shape index (κ1) is 17.9. The number of nitriles is 1. The molecule has 2 heterocycles. The van der Waals surface area contributed by atoms with Gasteiger partial charge in [-0.05, 0) is 43.3 Å². The number of thioether (sulfide) groups is 1. The van der Waals surface area contributed by atoms with Crippen LogP contribution in [0.25, 0.3) is 0 Å². The Labute approximate surface area is 155 Å². The normalized spacial score (nSPS) is 19.1. The van der Waals surface area contributed by atoms with Crippen LogP contribution in [0.3, 0.4) is 0 Å². The molecule has 0 amide bonds. The molecule has 0 bridgehead atoms. The quantitative estimate of drug-likeness (QED) is 0.813. The SMILES string of the molecule is CCOc1ccc([C@H]2C(C(=O)OC)=C(C)N=C3SC(C#N)=C(N)N32)cc1. The smallest absolute Gasteiger partial charge is 0.338 e. The van der Waals surface area contributed by atoms with E-state index < -0.39 is 12.0 Å². The van der Waals surface area contributed by atoms with Crippen molar-refractivity contribution in [2.75, 3.05) is 13.7 Å². The summed E-state index contributed by atoms with van der Waals surface area (Å²) in [6.45, 7) is 4.23. The van der Waals surface area contributed by atoms with Crippen LogP contribution in [0.5, 0.6) is 5.75 Å². The summed E-state index contributed by atoms with van der Waals surface area (Å²) >= 11 is 1.20. The molecule has 0 aliphatic carbocycles. The molecule has 0 aromatic heterocycles. The summed E-state index contributed by atoms with van der Waals surface area (Å²) < 4.78 is 10.4. The van der Waals surface area contributed by atoms with Gasteiger partial charge in [0.2, 0.25) is 0 Å². The zero-order valence-corrected chi connectivity index (χ0v) is 15.5. The van der Waals surface area contributed by atoms with Gasteiger partial charge in [0.05, 0.1) is 31.0 Å². The van der Waals surface area contributed by atoms with Gasteiger partial charge in [-0.3, -0.25) is 4.90 Å². The minimum absolute atomic E-state index is 0.282. The molecule has 0 saturated heterocycles. The fraction of sp³-hybridized carbons (Fsp3) is 0.278. The Morgan fingerprint density at radius 3 is 2.69 bits per heavy atom. The van der Waals surface area contributed by atoms with E-state index in [4.69, 9.17) is 15.2 Å². The van der Waals surface area contributed by atoms with E-state index >= 15 is 0 Å². The Morgan fingerprint density at radius 2 is 2.12 bits per heavy atom. The number of carbonyl (C=O) groups is 1. The van der Waals surface area contributed by atoms with Crippen molar-refractivity contribution in [2.45, 2.75) is 19.9 Å². The zero-order chi connectivity index (χ0) is 18.8. The van der Waals surface area contributed by atoms with Crippen molar-refractivity contribution in [1.29, 1.82) is 5.26 Å². The van der Waals surface area contributed by atoms with E-state index in [0.717, 1.165) is 11.3 Å². The number of allylic oxidation sites excluding steroid dienone is 2. The molecular formula is C18H18N4O3S. The van der Waals surface area contributed by atoms with Crippen LogP contribution in [0.2, 0.25) is 0 Å². The van der Waals surface area contributed by atoms with Crippen LogP contribution in [0.15, 0.2) is 51.3 Å². The second-order valence-corrected chi connectivity index (χ2v) is 6.57. The minimum Gasteiger partial charge on any atom is -0.494 e. The zero-order valence-electron chi connectivity index (χ0n) is 14.6. The third kappa shape index (κ3) is 2.91. The lowest BCUT2D eigenvalue weighted by atomic mass is 9.94. The highest BCUT2D eigenvalue weighted by Gasteiger charge is 2.42. The summed E-state index contributed by atoms with van der Waals surface area (Å²) in [5.74, 6) is 0.537. The Morgan fingerprint density at radius 1 is 1.42 bits per heavy atom. The monoisotopic (exact) mass is 370 g/mol. The number of hydrogen-bond donors (Lipinski definition) is 1. The number of hydrogen-bond acceptors (Lipinski definition) is 8. The van der Waals surface area contributed by atoms with Crippen LogP contribution in [-0.4, -0.2) is 29.8 Å². The second kappa shape index (κ2) is 7.14. The van der Waals surface area contributed by atoms with Gasteiger partial charge in [0.15, 0.2) is 5.17 Å². The van der Waals surface area contributed by atoms with Gasteiger partial charge in [0.25, 0.3) is 0 Å². The van der Waals surface area contributed by atoms with Crippen molar-refractivity contribution < 1.29 is 14.3 Å². The second-order valence-electron chi connectivity index (χ2n) is 5.59. The average molecular weight is 370 g/mol. The number of fused-ring (bicyclic) bond motifs is 1. The van der Waals surface area contributed by atoms with Crippen molar-refractivity contribution >= 4 is 22.9 Å². The number of benzene rings is 1. The Kier molecular flexibility index (Phi) is 4.91. The van der Waals surface area contributed by atoms with Gasteiger partial charge >= 0.3 is 5.97 Å². The van der Waals surface area contributed by atoms with Gasteiger partial charge in [0, 0.05) is 0 Å². The molecular weight excluding hydrogens is 352 g/mol. The number of carbonyl (C=O) groups excluding carboxylic acids is 1. The third-order valence-corrected chi connectivity index (χ3v) is 5.07. The molecule has 8 heteroatoms. The van der Waals surface area contributed by atoms with Gasteiger partial charge in [-0.25, -0.2) is 9.79 Å². The first-order chi connectivity index (χ1) is 12.5. The van der Waals surface area contributed by atoms with Crippen LogP contribution in [-0.2, 0) is 9.53 Å². The van der Waals surface area contributed by atoms with Crippen LogP contribution in [0.1, 0.15) is 25.5 Å². The van der Waals surface area contributed by atoms with E-state index in [0.29, 0.717) is 27.9 Å². The fourth-order valence-electron chi connectivity index (χ4n) is 2.94. The number of amidine groups is 1. The lowest BCUT2D eigenvalue weighted by molar-refractivity contribution is -0.136. The van der Waals surface area contributed by atoms with Crippen LogP contribution in [0, 0.1) is 11.3 Å². The number of nitrogens with two attached hydrogens (primary N) is 1. The molecule has 2 aliphatic rings. The van der Waals surface area contributed by atoms with Crippen LogP contribution >= 0.6 is 11.8 Å². The highest BCUT2D eigenvalue weighted by atomic mass is 32.2. The molecule has 134 valence electrons. The molecule has 1 aromatic rings. The molecule has 2 N–H and O–H groups in total. The van der Waals surface area contributed by atoms with E-state index in [1.54, 1.807) is 11.8 Å². The van der Waals surface area contributed by atoms with Crippen LogP contribution < -0.4 is 10.5 Å². The van der Waals surface area contributed by atoms with Crippen molar-refractivity contribution in [3.05, 3.63) is 51.8 Å². The van der Waals surface area contributed by atoms with E-state index in [-0.39, 0.29) is 5.82 Å². The summed E-state index contributed by atoms with van der Waals surface area (Å²) in [5, 5.41) is 9.88. The van der Waals surface area contributed by atoms with Gasteiger partial charge in [-0.15, -0.1) is 0 Å². The molecule has 1 atom stereocenters. The number of rotatable bonds is 4. The van der Waals surface area contributed by atoms with Crippen molar-refractivity contribution in [2.24, 2.45) is 10.7 Å². The Bertz CT molecular complexity index is 881. The van der Waals surface area contributed by atoms with E-state index in [2.05, 4.69) is 11.1 Å². The molecule has 0 fully saturated rings. The molecule has 1 aromatic carbocycles. The van der Waals surface area contributed by atoms with Crippen LogP contribution in [0.4, 0.5) is 0 Å². The van der Waals surface area contributed by atoms with Gasteiger partial charge < -0.3 is 15.2 Å². The maximum atomic E-state index is 12.4. The topological polar surface area (TPSA) is 101 Å². The summed E-state index contributed by atoms with van der Waals surface area (Å²) in [7, 11) is 1.33. The lowest BCUT2D eigenvalue weighted by Crippen LogP contribution is -2.38. The first-order valence-electron chi connectivity index (χ1n) is 7.99. The Hall–Kier alpha value is -2.92. The minimum atomic E-state index is -0.524. The first-order valence-corrected chi connectivity index (χ1v) is 8.80. The fourth-order valence-corrected chi connectivity index (χ4v) is 3.86. The molecule has 0 unspecified atom stereocenters. The standard InChI is InChI=1S/C18H18N4O3S/c1-4-25-12-7-5-11(6-8-12)15-14(17(23)24-3)10(2)21-18-22(15)16(20)13(9-19)26-18/h5-8,15H,4,20H2,1-3H3/t15-/m0/s1. The average Bonchev–Trinajstić information content (AvgIpc) is 2.96. The highest BCUT2D eigenvalue weighted by molar-refractivity contribution is 8.17.